The standard InChI is InChI=1S/C10H18O/c1-3-9(2)11-10-7-5-4-6-8-10/h3,10H,4-8H2,1-2H3. The lowest BCUT2D eigenvalue weighted by molar-refractivity contribution is 0.0833. The molecular weight excluding hydrogens is 136 g/mol. The quantitative estimate of drug-likeness (QED) is 0.555. The van der Waals surface area contributed by atoms with Crippen LogP contribution in [0.25, 0.3) is 0 Å². The Morgan fingerprint density at radius 2 is 1.91 bits per heavy atom. The zero-order chi connectivity index (χ0) is 8.10. The second-order valence-corrected chi connectivity index (χ2v) is 3.28. The smallest absolute Gasteiger partial charge is 0.0982 e. The van der Waals surface area contributed by atoms with Crippen LogP contribution in [0, 0.1) is 0 Å². The Labute approximate surface area is 69.4 Å². The molecule has 11 heavy (non-hydrogen) atoms. The first-order valence-electron chi connectivity index (χ1n) is 4.62. The van der Waals surface area contributed by atoms with Crippen molar-refractivity contribution in [2.45, 2.75) is 52.1 Å². The van der Waals surface area contributed by atoms with Crippen molar-refractivity contribution in [3.05, 3.63) is 11.8 Å². The van der Waals surface area contributed by atoms with E-state index < -0.39 is 0 Å². The van der Waals surface area contributed by atoms with E-state index in [2.05, 4.69) is 0 Å². The maximum atomic E-state index is 5.70. The molecule has 0 heterocycles. The van der Waals surface area contributed by atoms with Gasteiger partial charge in [0.25, 0.3) is 0 Å². The van der Waals surface area contributed by atoms with Gasteiger partial charge in [-0.05, 0) is 45.6 Å². The second-order valence-electron chi connectivity index (χ2n) is 3.28. The Bertz CT molecular complexity index is 132. The van der Waals surface area contributed by atoms with Gasteiger partial charge in [0.05, 0.1) is 11.9 Å². The third-order valence-corrected chi connectivity index (χ3v) is 2.31. The molecular formula is C10H18O. The van der Waals surface area contributed by atoms with Gasteiger partial charge in [-0.3, -0.25) is 0 Å². The molecule has 1 fully saturated rings. The van der Waals surface area contributed by atoms with Crippen molar-refractivity contribution in [2.75, 3.05) is 0 Å². The third-order valence-electron chi connectivity index (χ3n) is 2.31. The lowest BCUT2D eigenvalue weighted by Gasteiger charge is -2.23. The fourth-order valence-electron chi connectivity index (χ4n) is 1.51. The van der Waals surface area contributed by atoms with Gasteiger partial charge in [-0.2, -0.15) is 0 Å². The summed E-state index contributed by atoms with van der Waals surface area (Å²) in [7, 11) is 0. The SMILES string of the molecule is CC=C(C)OC1CCCCC1. The van der Waals surface area contributed by atoms with Crippen LogP contribution in [0.2, 0.25) is 0 Å². The lowest BCUT2D eigenvalue weighted by atomic mass is 9.98. The monoisotopic (exact) mass is 154 g/mol. The molecule has 0 aliphatic heterocycles. The number of hydrogen-bond acceptors (Lipinski definition) is 1. The predicted octanol–water partition coefficient (Wildman–Crippen LogP) is 3.26. The second kappa shape index (κ2) is 4.42. The first-order chi connectivity index (χ1) is 5.33. The van der Waals surface area contributed by atoms with Crippen LogP contribution in [0.15, 0.2) is 11.8 Å². The molecule has 0 aromatic heterocycles. The molecule has 0 bridgehead atoms. The molecule has 0 aromatic rings. The first kappa shape index (κ1) is 8.63. The summed E-state index contributed by atoms with van der Waals surface area (Å²) >= 11 is 0. The zero-order valence-corrected chi connectivity index (χ0v) is 7.60. The van der Waals surface area contributed by atoms with Crippen molar-refractivity contribution in [2.24, 2.45) is 0 Å². The van der Waals surface area contributed by atoms with Crippen LogP contribution < -0.4 is 0 Å². The summed E-state index contributed by atoms with van der Waals surface area (Å²) in [6.07, 6.45) is 9.16. The maximum Gasteiger partial charge on any atom is 0.0982 e. The van der Waals surface area contributed by atoms with Gasteiger partial charge in [0.1, 0.15) is 0 Å². The average molecular weight is 154 g/mol. The van der Waals surface area contributed by atoms with Crippen molar-refractivity contribution in [1.82, 2.24) is 0 Å². The Morgan fingerprint density at radius 1 is 1.27 bits per heavy atom. The normalized spacial score (nSPS) is 21.8. The molecule has 1 rings (SSSR count). The molecule has 0 unspecified atom stereocenters. The molecule has 0 atom stereocenters. The van der Waals surface area contributed by atoms with Crippen molar-refractivity contribution < 1.29 is 4.74 Å². The first-order valence-corrected chi connectivity index (χ1v) is 4.62. The van der Waals surface area contributed by atoms with Crippen LogP contribution in [0.4, 0.5) is 0 Å². The Hall–Kier alpha value is -0.460. The van der Waals surface area contributed by atoms with Gasteiger partial charge < -0.3 is 4.74 Å². The van der Waals surface area contributed by atoms with E-state index in [0.717, 1.165) is 5.76 Å². The average Bonchev–Trinajstić information content (AvgIpc) is 2.06. The van der Waals surface area contributed by atoms with Crippen molar-refractivity contribution >= 4 is 0 Å². The summed E-state index contributed by atoms with van der Waals surface area (Å²) in [6.45, 7) is 4.06. The van der Waals surface area contributed by atoms with Gasteiger partial charge in [-0.1, -0.05) is 6.42 Å². The van der Waals surface area contributed by atoms with Crippen LogP contribution >= 0.6 is 0 Å². The number of hydrogen-bond donors (Lipinski definition) is 0. The number of allylic oxidation sites excluding steroid dienone is 2. The fraction of sp³-hybridized carbons (Fsp3) is 0.800. The Kier molecular flexibility index (Phi) is 3.47. The molecule has 0 saturated heterocycles. The van der Waals surface area contributed by atoms with Crippen LogP contribution in [-0.4, -0.2) is 6.10 Å². The summed E-state index contributed by atoms with van der Waals surface area (Å²) in [5.41, 5.74) is 0. The number of rotatable bonds is 2. The Morgan fingerprint density at radius 3 is 2.45 bits per heavy atom. The van der Waals surface area contributed by atoms with Crippen LogP contribution in [0.5, 0.6) is 0 Å². The highest BCUT2D eigenvalue weighted by molar-refractivity contribution is 4.86. The fourth-order valence-corrected chi connectivity index (χ4v) is 1.51. The topological polar surface area (TPSA) is 9.23 Å². The summed E-state index contributed by atoms with van der Waals surface area (Å²) in [6, 6.07) is 0. The molecule has 0 radical (unpaired) electrons. The minimum Gasteiger partial charge on any atom is -0.495 e. The molecule has 1 aliphatic carbocycles. The maximum absolute atomic E-state index is 5.70. The van der Waals surface area contributed by atoms with E-state index in [1.54, 1.807) is 0 Å². The van der Waals surface area contributed by atoms with Gasteiger partial charge in [0, 0.05) is 0 Å². The highest BCUT2D eigenvalue weighted by atomic mass is 16.5. The van der Waals surface area contributed by atoms with Crippen LogP contribution in [-0.2, 0) is 4.74 Å². The van der Waals surface area contributed by atoms with Crippen molar-refractivity contribution in [3.8, 4) is 0 Å². The summed E-state index contributed by atoms with van der Waals surface area (Å²) in [4.78, 5) is 0. The molecule has 1 nitrogen and oxygen atoms in total. The molecule has 0 amide bonds. The Balaban J connectivity index is 2.24. The molecule has 64 valence electrons. The molecule has 1 aliphatic rings. The van der Waals surface area contributed by atoms with Gasteiger partial charge in [0.2, 0.25) is 0 Å². The molecule has 1 saturated carbocycles. The largest absolute Gasteiger partial charge is 0.495 e. The van der Waals surface area contributed by atoms with E-state index in [9.17, 15) is 0 Å². The minimum absolute atomic E-state index is 0.514. The highest BCUT2D eigenvalue weighted by Gasteiger charge is 2.13. The predicted molar refractivity (Wildman–Crippen MR) is 47.4 cm³/mol. The van der Waals surface area contributed by atoms with E-state index in [0.29, 0.717) is 6.10 Å². The van der Waals surface area contributed by atoms with E-state index in [4.69, 9.17) is 4.74 Å². The zero-order valence-electron chi connectivity index (χ0n) is 7.60. The third kappa shape index (κ3) is 2.96. The van der Waals surface area contributed by atoms with E-state index in [1.807, 2.05) is 19.9 Å². The van der Waals surface area contributed by atoms with Gasteiger partial charge in [-0.25, -0.2) is 0 Å². The molecule has 1 heteroatoms. The van der Waals surface area contributed by atoms with E-state index in [1.165, 1.54) is 32.1 Å². The minimum atomic E-state index is 0.514. The molecule has 0 aromatic carbocycles. The highest BCUT2D eigenvalue weighted by Crippen LogP contribution is 2.21. The summed E-state index contributed by atoms with van der Waals surface area (Å²) in [5.74, 6) is 1.08. The number of ether oxygens (including phenoxy) is 1. The van der Waals surface area contributed by atoms with Gasteiger partial charge in [0.15, 0.2) is 0 Å². The van der Waals surface area contributed by atoms with Gasteiger partial charge in [-0.15, -0.1) is 0 Å². The van der Waals surface area contributed by atoms with E-state index >= 15 is 0 Å². The van der Waals surface area contributed by atoms with Crippen molar-refractivity contribution in [3.63, 3.8) is 0 Å². The summed E-state index contributed by atoms with van der Waals surface area (Å²) < 4.78 is 5.70. The van der Waals surface area contributed by atoms with Gasteiger partial charge >= 0.3 is 0 Å². The molecule has 0 spiro atoms. The van der Waals surface area contributed by atoms with Crippen LogP contribution in [0.3, 0.4) is 0 Å². The molecule has 0 N–H and O–H groups in total. The lowest BCUT2D eigenvalue weighted by Crippen LogP contribution is -2.15. The van der Waals surface area contributed by atoms with Crippen LogP contribution in [0.1, 0.15) is 46.0 Å². The van der Waals surface area contributed by atoms with Crippen molar-refractivity contribution in [1.29, 1.82) is 0 Å². The summed E-state index contributed by atoms with van der Waals surface area (Å²) in [5, 5.41) is 0. The van der Waals surface area contributed by atoms with E-state index in [-0.39, 0.29) is 0 Å².